The van der Waals surface area contributed by atoms with E-state index in [9.17, 15) is 5.11 Å². The van der Waals surface area contributed by atoms with Gasteiger partial charge >= 0.3 is 29.6 Å². The van der Waals surface area contributed by atoms with Gasteiger partial charge in [0, 0.05) is 14.7 Å². The predicted octanol–water partition coefficient (Wildman–Crippen LogP) is 4.32. The Hall–Kier alpha value is 0.550. The molecule has 0 unspecified atom stereocenters. The molecule has 0 spiro atoms. The second-order valence-electron chi connectivity index (χ2n) is 3.23. The number of phenols is 1. The molecule has 0 saturated carbocycles. The first-order valence-electron chi connectivity index (χ1n) is 4.53. The van der Waals surface area contributed by atoms with E-state index in [1.165, 1.54) is 0 Å². The van der Waals surface area contributed by atoms with Gasteiger partial charge in [0.1, 0.15) is 5.75 Å². The van der Waals surface area contributed by atoms with Crippen LogP contribution in [0.3, 0.4) is 0 Å². The molecule has 1 N–H and O–H groups in total. The van der Waals surface area contributed by atoms with E-state index >= 15 is 0 Å². The first-order valence-corrected chi connectivity index (χ1v) is 6.36. The zero-order chi connectivity index (χ0) is 11.7. The van der Waals surface area contributed by atoms with Crippen LogP contribution in [-0.4, -0.2) is 34.7 Å². The summed E-state index contributed by atoms with van der Waals surface area (Å²) in [6.45, 7) is 0. The monoisotopic (exact) mass is 388 g/mol. The molecule has 17 heavy (non-hydrogen) atoms. The molecule has 2 rings (SSSR count). The van der Waals surface area contributed by atoms with Crippen molar-refractivity contribution in [2.45, 2.75) is 0 Å². The van der Waals surface area contributed by atoms with Gasteiger partial charge in [-0.05, 0) is 46.9 Å². The van der Waals surface area contributed by atoms with Crippen molar-refractivity contribution >= 4 is 75.4 Å². The van der Waals surface area contributed by atoms with Gasteiger partial charge in [0.25, 0.3) is 0 Å². The molecule has 84 valence electrons. The van der Waals surface area contributed by atoms with E-state index in [1.54, 1.807) is 30.3 Å². The molecular weight excluding hydrogens is 381 g/mol. The third-order valence-corrected chi connectivity index (χ3v) is 3.73. The average Bonchev–Trinajstić information content (AvgIpc) is 2.21. The first-order chi connectivity index (χ1) is 7.61. The fourth-order valence-electron chi connectivity index (χ4n) is 1.50. The molecular formula is C12H8Cl2INaO. The molecule has 2 aromatic carbocycles. The van der Waals surface area contributed by atoms with E-state index in [1.807, 2.05) is 6.07 Å². The van der Waals surface area contributed by atoms with Gasteiger partial charge in [0.05, 0.1) is 10.0 Å². The Morgan fingerprint density at radius 1 is 0.882 bits per heavy atom. The van der Waals surface area contributed by atoms with Gasteiger partial charge in [-0.1, -0.05) is 35.3 Å². The summed E-state index contributed by atoms with van der Waals surface area (Å²) < 4.78 is 0.910. The van der Waals surface area contributed by atoms with E-state index in [0.717, 1.165) is 3.57 Å². The number of hydrogen-bond donors (Lipinski definition) is 1. The maximum atomic E-state index is 9.87. The molecule has 0 atom stereocenters. The number of aromatic hydroxyl groups is 1. The van der Waals surface area contributed by atoms with Crippen molar-refractivity contribution in [2.24, 2.45) is 0 Å². The third-order valence-electron chi connectivity index (χ3n) is 2.20. The van der Waals surface area contributed by atoms with Crippen LogP contribution >= 0.6 is 45.8 Å². The van der Waals surface area contributed by atoms with Crippen LogP contribution in [0.4, 0.5) is 0 Å². The molecule has 2 aromatic rings. The van der Waals surface area contributed by atoms with Gasteiger partial charge in [0.2, 0.25) is 0 Å². The summed E-state index contributed by atoms with van der Waals surface area (Å²) in [6, 6.07) is 10.6. The van der Waals surface area contributed by atoms with Crippen LogP contribution in [0.2, 0.25) is 10.0 Å². The summed E-state index contributed by atoms with van der Waals surface area (Å²) in [7, 11) is 0. The summed E-state index contributed by atoms with van der Waals surface area (Å²) >= 11 is 14.4. The van der Waals surface area contributed by atoms with Crippen LogP contribution in [0, 0.1) is 3.57 Å². The summed E-state index contributed by atoms with van der Waals surface area (Å²) in [5, 5.41) is 10.9. The molecule has 0 heterocycles. The molecule has 0 bridgehead atoms. The number of rotatable bonds is 1. The Balaban J connectivity index is 0.00000144. The topological polar surface area (TPSA) is 20.2 Å². The van der Waals surface area contributed by atoms with Crippen molar-refractivity contribution in [3.05, 3.63) is 50.0 Å². The van der Waals surface area contributed by atoms with Crippen molar-refractivity contribution in [3.63, 3.8) is 0 Å². The van der Waals surface area contributed by atoms with Crippen molar-refractivity contribution < 1.29 is 5.11 Å². The summed E-state index contributed by atoms with van der Waals surface area (Å²) in [5.41, 5.74) is 1.35. The summed E-state index contributed by atoms with van der Waals surface area (Å²) in [5.74, 6) is 0.182. The van der Waals surface area contributed by atoms with Crippen molar-refractivity contribution in [2.75, 3.05) is 0 Å². The van der Waals surface area contributed by atoms with E-state index < -0.39 is 0 Å². The average molecular weight is 389 g/mol. The van der Waals surface area contributed by atoms with E-state index in [0.29, 0.717) is 21.2 Å². The maximum absolute atomic E-state index is 9.87. The van der Waals surface area contributed by atoms with Crippen LogP contribution in [0.5, 0.6) is 5.75 Å². The summed E-state index contributed by atoms with van der Waals surface area (Å²) in [4.78, 5) is 0. The minimum atomic E-state index is 0. The Bertz CT molecular complexity index is 456. The molecule has 0 saturated heterocycles. The van der Waals surface area contributed by atoms with Gasteiger partial charge in [-0.3, -0.25) is 0 Å². The third kappa shape index (κ3) is 3.31. The van der Waals surface area contributed by atoms with Crippen LogP contribution in [0.25, 0.3) is 11.1 Å². The van der Waals surface area contributed by atoms with E-state index in [4.69, 9.17) is 23.2 Å². The number of benzene rings is 2. The fraction of sp³-hybridized carbons (Fsp3) is 0. The van der Waals surface area contributed by atoms with Crippen LogP contribution in [-0.2, 0) is 0 Å². The van der Waals surface area contributed by atoms with Crippen LogP contribution in [0.15, 0.2) is 36.4 Å². The molecule has 0 aromatic heterocycles. The normalized spacial score (nSPS) is 9.82. The standard InChI is InChI=1S/C12H7Cl2IO.Na.H/c13-7-3-1-4-8(14)11(7)12-9(15)5-2-6-10(12)16;;/h1-6,16H;;. The van der Waals surface area contributed by atoms with Gasteiger partial charge in [-0.15, -0.1) is 0 Å². The number of halogens is 3. The molecule has 0 aliphatic heterocycles. The number of hydrogen-bond acceptors (Lipinski definition) is 1. The van der Waals surface area contributed by atoms with Gasteiger partial charge in [0.15, 0.2) is 0 Å². The molecule has 5 heteroatoms. The van der Waals surface area contributed by atoms with Gasteiger partial charge in [-0.25, -0.2) is 0 Å². The molecule has 0 aliphatic carbocycles. The molecule has 1 nitrogen and oxygen atoms in total. The van der Waals surface area contributed by atoms with E-state index in [-0.39, 0.29) is 35.3 Å². The van der Waals surface area contributed by atoms with Gasteiger partial charge in [-0.2, -0.15) is 0 Å². The van der Waals surface area contributed by atoms with E-state index in [2.05, 4.69) is 22.6 Å². The first kappa shape index (κ1) is 15.6. The van der Waals surface area contributed by atoms with Crippen LogP contribution < -0.4 is 0 Å². The Morgan fingerprint density at radius 2 is 1.41 bits per heavy atom. The fourth-order valence-corrected chi connectivity index (χ4v) is 2.84. The predicted molar refractivity (Wildman–Crippen MR) is 83.4 cm³/mol. The molecule has 0 aliphatic rings. The number of phenolic OH excluding ortho intramolecular Hbond substituents is 1. The second-order valence-corrected chi connectivity index (χ2v) is 5.21. The summed E-state index contributed by atoms with van der Waals surface area (Å²) in [6.07, 6.45) is 0. The van der Waals surface area contributed by atoms with Crippen molar-refractivity contribution in [1.82, 2.24) is 0 Å². The molecule has 0 fully saturated rings. The quantitative estimate of drug-likeness (QED) is 0.569. The Labute approximate surface area is 146 Å². The Kier molecular flexibility index (Phi) is 6.10. The van der Waals surface area contributed by atoms with Crippen LogP contribution in [0.1, 0.15) is 0 Å². The SMILES string of the molecule is Oc1cccc(I)c1-c1c(Cl)cccc1Cl.[NaH]. The van der Waals surface area contributed by atoms with Gasteiger partial charge < -0.3 is 5.11 Å². The Morgan fingerprint density at radius 3 is 1.94 bits per heavy atom. The molecule has 0 amide bonds. The second kappa shape index (κ2) is 6.64. The molecule has 0 radical (unpaired) electrons. The minimum absolute atomic E-state index is 0. The van der Waals surface area contributed by atoms with Crippen molar-refractivity contribution in [1.29, 1.82) is 0 Å². The van der Waals surface area contributed by atoms with Crippen molar-refractivity contribution in [3.8, 4) is 16.9 Å². The zero-order valence-electron chi connectivity index (χ0n) is 8.05. The zero-order valence-corrected chi connectivity index (χ0v) is 11.7.